The molecule has 2 heterocycles. The van der Waals surface area contributed by atoms with Gasteiger partial charge in [0, 0.05) is 21.2 Å². The van der Waals surface area contributed by atoms with E-state index in [1.807, 2.05) is 24.3 Å². The zero-order valence-corrected chi connectivity index (χ0v) is 29.2. The third-order valence-corrected chi connectivity index (χ3v) is 9.40. The van der Waals surface area contributed by atoms with Gasteiger partial charge in [-0.15, -0.1) is 10.2 Å². The molecule has 2 N–H and O–H groups in total. The summed E-state index contributed by atoms with van der Waals surface area (Å²) in [5, 5.41) is 17.5. The fourth-order valence-corrected chi connectivity index (χ4v) is 7.40. The zero-order valence-electron chi connectivity index (χ0n) is 27.7. The highest BCUT2D eigenvalue weighted by atomic mass is 35.5. The standard InChI is InChI=1S/C35H45Cl2N7O2/c1-33(2,3)14-13-28(23-7-9-24(10-8-23)31(45)38-21-29-40-42-43-41-29)44-32(46)30(25-17-26(36)19-27(37)18-25)39-35(44)15-11-22(12-16-35)20-34(4,5)6/h7-10,17-19,22,28H,11-16,20-21H2,1-6H3,(H,38,45)(H,40,41,42,43)/t22?,28-,35?/m1/s1. The van der Waals surface area contributed by atoms with Crippen LogP contribution in [-0.4, -0.2) is 48.7 Å². The lowest BCUT2D eigenvalue weighted by Gasteiger charge is -2.46. The first-order chi connectivity index (χ1) is 21.6. The quantitative estimate of drug-likeness (QED) is 0.240. The predicted octanol–water partition coefficient (Wildman–Crippen LogP) is 7.96. The monoisotopic (exact) mass is 665 g/mol. The summed E-state index contributed by atoms with van der Waals surface area (Å²) in [5.74, 6) is 0.644. The molecule has 1 aliphatic heterocycles. The number of benzene rings is 2. The molecule has 1 saturated carbocycles. The number of nitrogens with one attached hydrogen (secondary N) is 2. The first-order valence-corrected chi connectivity index (χ1v) is 16.9. The van der Waals surface area contributed by atoms with Gasteiger partial charge in [0.25, 0.3) is 11.8 Å². The Hall–Kier alpha value is -3.30. The van der Waals surface area contributed by atoms with E-state index in [9.17, 15) is 9.59 Å². The summed E-state index contributed by atoms with van der Waals surface area (Å²) in [6.07, 6.45) is 6.38. The van der Waals surface area contributed by atoms with E-state index < -0.39 is 5.66 Å². The van der Waals surface area contributed by atoms with Crippen LogP contribution in [0.5, 0.6) is 0 Å². The summed E-state index contributed by atoms with van der Waals surface area (Å²) >= 11 is 12.8. The van der Waals surface area contributed by atoms with Crippen LogP contribution in [0.3, 0.4) is 0 Å². The molecule has 1 atom stereocenters. The Labute approximate surface area is 281 Å². The molecule has 1 aliphatic carbocycles. The molecule has 2 aromatic carbocycles. The average Bonchev–Trinajstić information content (AvgIpc) is 3.59. The normalized spacial score (nSPS) is 21.0. The van der Waals surface area contributed by atoms with E-state index in [0.717, 1.165) is 50.5 Å². The molecule has 11 heteroatoms. The van der Waals surface area contributed by atoms with E-state index in [1.54, 1.807) is 18.2 Å². The number of hydrogen-bond donors (Lipinski definition) is 2. The van der Waals surface area contributed by atoms with E-state index in [-0.39, 0.29) is 35.2 Å². The second-order valence-corrected chi connectivity index (χ2v) is 16.1. The Morgan fingerprint density at radius 3 is 2.24 bits per heavy atom. The predicted molar refractivity (Wildman–Crippen MR) is 182 cm³/mol. The zero-order chi connectivity index (χ0) is 33.3. The van der Waals surface area contributed by atoms with Crippen LogP contribution in [0.15, 0.2) is 47.5 Å². The molecule has 0 radical (unpaired) electrons. The number of aliphatic imine (C=N–C) groups is 1. The Kier molecular flexibility index (Phi) is 9.94. The van der Waals surface area contributed by atoms with Crippen molar-refractivity contribution in [1.82, 2.24) is 30.8 Å². The Morgan fingerprint density at radius 2 is 1.67 bits per heavy atom. The largest absolute Gasteiger partial charge is 0.345 e. The number of hydrogen-bond acceptors (Lipinski definition) is 6. The van der Waals surface area contributed by atoms with Crippen LogP contribution in [0.2, 0.25) is 10.0 Å². The average molecular weight is 667 g/mol. The lowest BCUT2D eigenvalue weighted by molar-refractivity contribution is -0.133. The summed E-state index contributed by atoms with van der Waals surface area (Å²) in [6.45, 7) is 13.7. The summed E-state index contributed by atoms with van der Waals surface area (Å²) in [7, 11) is 0. The summed E-state index contributed by atoms with van der Waals surface area (Å²) in [6, 6.07) is 12.6. The van der Waals surface area contributed by atoms with Gasteiger partial charge < -0.3 is 10.2 Å². The number of rotatable bonds is 9. The number of aromatic amines is 1. The van der Waals surface area contributed by atoms with Crippen LogP contribution in [0, 0.1) is 16.7 Å². The van der Waals surface area contributed by atoms with Crippen molar-refractivity contribution < 1.29 is 9.59 Å². The van der Waals surface area contributed by atoms with E-state index in [4.69, 9.17) is 28.2 Å². The second-order valence-electron chi connectivity index (χ2n) is 15.2. The van der Waals surface area contributed by atoms with Crippen LogP contribution in [-0.2, 0) is 11.3 Å². The molecule has 2 amide bonds. The number of aromatic nitrogens is 4. The maximum atomic E-state index is 14.6. The van der Waals surface area contributed by atoms with Gasteiger partial charge in [-0.1, -0.05) is 82.1 Å². The van der Waals surface area contributed by atoms with Crippen LogP contribution >= 0.6 is 23.2 Å². The minimum absolute atomic E-state index is 0.0533. The molecule has 246 valence electrons. The topological polar surface area (TPSA) is 116 Å². The smallest absolute Gasteiger partial charge is 0.275 e. The highest BCUT2D eigenvalue weighted by molar-refractivity contribution is 6.47. The fourth-order valence-electron chi connectivity index (χ4n) is 6.88. The molecular weight excluding hydrogens is 621 g/mol. The maximum Gasteiger partial charge on any atom is 0.275 e. The lowest BCUT2D eigenvalue weighted by Crippen LogP contribution is -2.51. The van der Waals surface area contributed by atoms with Crippen molar-refractivity contribution in [2.45, 2.75) is 105 Å². The first kappa shape index (κ1) is 34.0. The number of carbonyl (C=O) groups is 2. The van der Waals surface area contributed by atoms with E-state index in [2.05, 4.69) is 72.4 Å². The van der Waals surface area contributed by atoms with Crippen LogP contribution in [0.25, 0.3) is 0 Å². The number of nitrogens with zero attached hydrogens (tertiary/aromatic N) is 5. The van der Waals surface area contributed by atoms with Gasteiger partial charge in [0.2, 0.25) is 0 Å². The van der Waals surface area contributed by atoms with Crippen LogP contribution in [0.1, 0.15) is 120 Å². The SMILES string of the molecule is CC(C)(C)CC[C@H](c1ccc(C(=O)NCc2nn[nH]n2)cc1)N1C(=O)C(c2cc(Cl)cc(Cl)c2)=NC12CCC(CC(C)(C)C)CC2. The first-order valence-electron chi connectivity index (χ1n) is 16.1. The van der Waals surface area contributed by atoms with E-state index >= 15 is 0 Å². The van der Waals surface area contributed by atoms with Gasteiger partial charge in [-0.25, -0.2) is 0 Å². The van der Waals surface area contributed by atoms with E-state index in [0.29, 0.717) is 38.6 Å². The molecule has 46 heavy (non-hydrogen) atoms. The number of tetrazole rings is 1. The second kappa shape index (κ2) is 13.4. The van der Waals surface area contributed by atoms with Crippen molar-refractivity contribution in [1.29, 1.82) is 0 Å². The van der Waals surface area contributed by atoms with Crippen molar-refractivity contribution in [3.8, 4) is 0 Å². The van der Waals surface area contributed by atoms with Crippen LogP contribution in [0.4, 0.5) is 0 Å². The molecule has 0 saturated heterocycles. The number of carbonyl (C=O) groups excluding carboxylic acids is 2. The number of H-pyrrole nitrogens is 1. The Bertz CT molecular complexity index is 1550. The summed E-state index contributed by atoms with van der Waals surface area (Å²) in [4.78, 5) is 34.9. The molecule has 0 bridgehead atoms. The lowest BCUT2D eigenvalue weighted by atomic mass is 9.73. The number of amides is 2. The highest BCUT2D eigenvalue weighted by Gasteiger charge is 2.52. The van der Waals surface area contributed by atoms with Gasteiger partial charge >= 0.3 is 0 Å². The third kappa shape index (κ3) is 8.15. The molecular formula is C35H45Cl2N7O2. The van der Waals surface area contributed by atoms with Gasteiger partial charge in [0.15, 0.2) is 5.82 Å². The van der Waals surface area contributed by atoms with Crippen molar-refractivity contribution in [3.63, 3.8) is 0 Å². The van der Waals surface area contributed by atoms with Crippen molar-refractivity contribution in [2.24, 2.45) is 21.7 Å². The van der Waals surface area contributed by atoms with E-state index in [1.165, 1.54) is 0 Å². The fraction of sp³-hybridized carbons (Fsp3) is 0.543. The van der Waals surface area contributed by atoms with Gasteiger partial charge in [-0.2, -0.15) is 5.21 Å². The molecule has 2 aliphatic rings. The van der Waals surface area contributed by atoms with Gasteiger partial charge in [0.05, 0.1) is 12.6 Å². The minimum Gasteiger partial charge on any atom is -0.345 e. The van der Waals surface area contributed by atoms with Gasteiger partial charge in [-0.3, -0.25) is 14.6 Å². The molecule has 0 unspecified atom stereocenters. The maximum absolute atomic E-state index is 14.6. The molecule has 3 aromatic rings. The van der Waals surface area contributed by atoms with Crippen LogP contribution < -0.4 is 5.32 Å². The molecule has 1 fully saturated rings. The minimum atomic E-state index is -0.668. The molecule has 9 nitrogen and oxygen atoms in total. The van der Waals surface area contributed by atoms with Crippen molar-refractivity contribution >= 4 is 40.7 Å². The van der Waals surface area contributed by atoms with Gasteiger partial charge in [0.1, 0.15) is 11.4 Å². The Balaban J connectivity index is 1.49. The molecule has 1 aromatic heterocycles. The van der Waals surface area contributed by atoms with Crippen molar-refractivity contribution in [2.75, 3.05) is 0 Å². The van der Waals surface area contributed by atoms with Gasteiger partial charge in [-0.05, 0) is 97.6 Å². The molecule has 1 spiro atoms. The Morgan fingerprint density at radius 1 is 1.02 bits per heavy atom. The summed E-state index contributed by atoms with van der Waals surface area (Å²) in [5.41, 5.74) is 2.17. The van der Waals surface area contributed by atoms with Crippen molar-refractivity contribution in [3.05, 3.63) is 75.0 Å². The number of halogens is 2. The summed E-state index contributed by atoms with van der Waals surface area (Å²) < 4.78 is 0. The molecule has 5 rings (SSSR count). The third-order valence-electron chi connectivity index (χ3n) is 8.97. The highest BCUT2D eigenvalue weighted by Crippen LogP contribution is 2.49.